The SMILES string of the molecule is Fc1cc(Cl)ccc1CN1CCCC1. The molecule has 1 aromatic carbocycles. The summed E-state index contributed by atoms with van der Waals surface area (Å²) in [4.78, 5) is 2.27. The number of nitrogens with zero attached hydrogens (tertiary/aromatic N) is 1. The lowest BCUT2D eigenvalue weighted by Gasteiger charge is -2.14. The van der Waals surface area contributed by atoms with Crippen molar-refractivity contribution in [1.82, 2.24) is 4.90 Å². The molecule has 2 rings (SSSR count). The summed E-state index contributed by atoms with van der Waals surface area (Å²) in [6.45, 7) is 2.88. The van der Waals surface area contributed by atoms with Gasteiger partial charge in [-0.2, -0.15) is 0 Å². The van der Waals surface area contributed by atoms with Gasteiger partial charge in [-0.15, -0.1) is 0 Å². The van der Waals surface area contributed by atoms with Crippen LogP contribution in [0, 0.1) is 5.82 Å². The predicted molar refractivity (Wildman–Crippen MR) is 55.9 cm³/mol. The van der Waals surface area contributed by atoms with Crippen LogP contribution in [0.4, 0.5) is 4.39 Å². The molecule has 0 aliphatic carbocycles. The van der Waals surface area contributed by atoms with Gasteiger partial charge < -0.3 is 0 Å². The zero-order chi connectivity index (χ0) is 9.97. The quantitative estimate of drug-likeness (QED) is 0.730. The van der Waals surface area contributed by atoms with Crippen molar-refractivity contribution in [3.63, 3.8) is 0 Å². The maximum absolute atomic E-state index is 13.4. The first-order valence-electron chi connectivity index (χ1n) is 4.92. The molecule has 0 bridgehead atoms. The lowest BCUT2D eigenvalue weighted by Crippen LogP contribution is -2.19. The highest BCUT2D eigenvalue weighted by molar-refractivity contribution is 6.30. The van der Waals surface area contributed by atoms with Gasteiger partial charge in [-0.05, 0) is 38.1 Å². The monoisotopic (exact) mass is 213 g/mol. The van der Waals surface area contributed by atoms with Crippen molar-refractivity contribution in [3.05, 3.63) is 34.6 Å². The second-order valence-electron chi connectivity index (χ2n) is 3.72. The summed E-state index contributed by atoms with van der Waals surface area (Å²) in [5.41, 5.74) is 0.747. The van der Waals surface area contributed by atoms with Crippen molar-refractivity contribution in [2.24, 2.45) is 0 Å². The van der Waals surface area contributed by atoms with Crippen LogP contribution in [0.2, 0.25) is 5.02 Å². The summed E-state index contributed by atoms with van der Waals surface area (Å²) in [5.74, 6) is -0.190. The number of rotatable bonds is 2. The molecule has 0 unspecified atom stereocenters. The van der Waals surface area contributed by atoms with Crippen LogP contribution in [0.25, 0.3) is 0 Å². The zero-order valence-corrected chi connectivity index (χ0v) is 8.73. The molecule has 1 nitrogen and oxygen atoms in total. The van der Waals surface area contributed by atoms with Gasteiger partial charge in [-0.3, -0.25) is 4.90 Å². The molecule has 0 spiro atoms. The first kappa shape index (κ1) is 9.94. The first-order valence-corrected chi connectivity index (χ1v) is 5.30. The van der Waals surface area contributed by atoms with Crippen molar-refractivity contribution in [1.29, 1.82) is 0 Å². The fourth-order valence-electron chi connectivity index (χ4n) is 1.83. The van der Waals surface area contributed by atoms with Crippen LogP contribution in [0.15, 0.2) is 18.2 Å². The van der Waals surface area contributed by atoms with Crippen LogP contribution in [0.3, 0.4) is 0 Å². The van der Waals surface area contributed by atoms with Gasteiger partial charge in [0.1, 0.15) is 5.82 Å². The maximum Gasteiger partial charge on any atom is 0.129 e. The number of halogens is 2. The highest BCUT2D eigenvalue weighted by Gasteiger charge is 2.13. The van der Waals surface area contributed by atoms with Gasteiger partial charge in [-0.1, -0.05) is 17.7 Å². The zero-order valence-electron chi connectivity index (χ0n) is 7.97. The van der Waals surface area contributed by atoms with E-state index in [0.717, 1.165) is 18.7 Å². The van der Waals surface area contributed by atoms with Gasteiger partial charge in [0.05, 0.1) is 0 Å². The second-order valence-corrected chi connectivity index (χ2v) is 4.16. The standard InChI is InChI=1S/C11H13ClFN/c12-10-4-3-9(11(13)7-10)8-14-5-1-2-6-14/h3-4,7H,1-2,5-6,8H2. The van der Waals surface area contributed by atoms with Crippen molar-refractivity contribution in [2.75, 3.05) is 13.1 Å². The molecule has 0 saturated carbocycles. The smallest absolute Gasteiger partial charge is 0.129 e. The third-order valence-electron chi connectivity index (χ3n) is 2.61. The van der Waals surface area contributed by atoms with Crippen LogP contribution < -0.4 is 0 Å². The molecule has 3 heteroatoms. The minimum absolute atomic E-state index is 0.190. The maximum atomic E-state index is 13.4. The van der Waals surface area contributed by atoms with Crippen molar-refractivity contribution in [3.8, 4) is 0 Å². The van der Waals surface area contributed by atoms with Gasteiger partial charge in [0.2, 0.25) is 0 Å². The highest BCUT2D eigenvalue weighted by Crippen LogP contribution is 2.18. The molecule has 1 aliphatic heterocycles. The molecular weight excluding hydrogens is 201 g/mol. The molecule has 0 amide bonds. The van der Waals surface area contributed by atoms with E-state index in [0.29, 0.717) is 11.6 Å². The van der Waals surface area contributed by atoms with Crippen molar-refractivity contribution < 1.29 is 4.39 Å². The average molecular weight is 214 g/mol. The molecule has 0 aromatic heterocycles. The number of hydrogen-bond acceptors (Lipinski definition) is 1. The molecule has 1 fully saturated rings. The topological polar surface area (TPSA) is 3.24 Å². The van der Waals surface area contributed by atoms with Crippen LogP contribution in [-0.4, -0.2) is 18.0 Å². The summed E-state index contributed by atoms with van der Waals surface area (Å²) in [6.07, 6.45) is 2.46. The largest absolute Gasteiger partial charge is 0.299 e. The van der Waals surface area contributed by atoms with Gasteiger partial charge in [0.25, 0.3) is 0 Å². The average Bonchev–Trinajstić information content (AvgIpc) is 2.62. The molecule has 1 aromatic rings. The van der Waals surface area contributed by atoms with Crippen molar-refractivity contribution >= 4 is 11.6 Å². The highest BCUT2D eigenvalue weighted by atomic mass is 35.5. The summed E-state index contributed by atoms with van der Waals surface area (Å²) in [7, 11) is 0. The number of benzene rings is 1. The Bertz CT molecular complexity index is 321. The van der Waals surface area contributed by atoms with E-state index in [1.54, 1.807) is 12.1 Å². The van der Waals surface area contributed by atoms with E-state index in [4.69, 9.17) is 11.6 Å². The van der Waals surface area contributed by atoms with Crippen LogP contribution in [0.1, 0.15) is 18.4 Å². The lowest BCUT2D eigenvalue weighted by molar-refractivity contribution is 0.325. The molecular formula is C11H13ClFN. The van der Waals surface area contributed by atoms with E-state index in [9.17, 15) is 4.39 Å². The summed E-state index contributed by atoms with van der Waals surface area (Å²) >= 11 is 5.68. The molecule has 14 heavy (non-hydrogen) atoms. The van der Waals surface area contributed by atoms with Crippen molar-refractivity contribution in [2.45, 2.75) is 19.4 Å². The fourth-order valence-corrected chi connectivity index (χ4v) is 1.99. The lowest BCUT2D eigenvalue weighted by atomic mass is 10.2. The number of likely N-dealkylation sites (tertiary alicyclic amines) is 1. The van der Waals surface area contributed by atoms with E-state index in [2.05, 4.69) is 4.90 Å². The minimum Gasteiger partial charge on any atom is -0.299 e. The molecule has 1 saturated heterocycles. The molecule has 0 radical (unpaired) electrons. The Labute approximate surface area is 88.5 Å². The van der Waals surface area contributed by atoms with E-state index >= 15 is 0 Å². The summed E-state index contributed by atoms with van der Waals surface area (Å²) in [6, 6.07) is 4.90. The Morgan fingerprint density at radius 1 is 1.29 bits per heavy atom. The summed E-state index contributed by atoms with van der Waals surface area (Å²) in [5, 5.41) is 0.465. The third kappa shape index (κ3) is 2.25. The Kier molecular flexibility index (Phi) is 3.04. The van der Waals surface area contributed by atoms with E-state index in [1.807, 2.05) is 0 Å². The number of hydrogen-bond donors (Lipinski definition) is 0. The van der Waals surface area contributed by atoms with E-state index in [1.165, 1.54) is 18.9 Å². The van der Waals surface area contributed by atoms with E-state index in [-0.39, 0.29) is 5.82 Å². The normalized spacial score (nSPS) is 17.6. The molecule has 1 heterocycles. The van der Waals surface area contributed by atoms with E-state index < -0.39 is 0 Å². The Morgan fingerprint density at radius 3 is 2.64 bits per heavy atom. The fraction of sp³-hybridized carbons (Fsp3) is 0.455. The van der Waals surface area contributed by atoms with Gasteiger partial charge in [-0.25, -0.2) is 4.39 Å². The van der Waals surface area contributed by atoms with Crippen LogP contribution in [0.5, 0.6) is 0 Å². The molecule has 76 valence electrons. The molecule has 0 N–H and O–H groups in total. The Morgan fingerprint density at radius 2 is 2.00 bits per heavy atom. The molecule has 1 aliphatic rings. The van der Waals surface area contributed by atoms with Gasteiger partial charge >= 0.3 is 0 Å². The second kappa shape index (κ2) is 4.28. The third-order valence-corrected chi connectivity index (χ3v) is 2.84. The minimum atomic E-state index is -0.190. The predicted octanol–water partition coefficient (Wildman–Crippen LogP) is 3.07. The Balaban J connectivity index is 2.08. The van der Waals surface area contributed by atoms with Gasteiger partial charge in [0, 0.05) is 17.1 Å². The first-order chi connectivity index (χ1) is 6.75. The Hall–Kier alpha value is -0.600. The van der Waals surface area contributed by atoms with Crippen LogP contribution in [-0.2, 0) is 6.54 Å². The molecule has 0 atom stereocenters. The van der Waals surface area contributed by atoms with Gasteiger partial charge in [0.15, 0.2) is 0 Å². The summed E-state index contributed by atoms with van der Waals surface area (Å²) < 4.78 is 13.4. The van der Waals surface area contributed by atoms with Crippen LogP contribution >= 0.6 is 11.6 Å².